The number of piperazine rings is 1. The number of rotatable bonds is 3. The number of halogens is 2. The minimum absolute atomic E-state index is 0.244. The summed E-state index contributed by atoms with van der Waals surface area (Å²) in [5.41, 5.74) is 0.767. The van der Waals surface area contributed by atoms with E-state index in [0.29, 0.717) is 36.4 Å². The molecule has 0 radical (unpaired) electrons. The van der Waals surface area contributed by atoms with Gasteiger partial charge < -0.3 is 9.64 Å². The zero-order valence-corrected chi connectivity index (χ0v) is 12.8. The maximum Gasteiger partial charge on any atom is 0.409 e. The second-order valence-electron chi connectivity index (χ2n) is 4.52. The number of pyridine rings is 1. The summed E-state index contributed by atoms with van der Waals surface area (Å²) < 4.78 is 4.99. The molecule has 5 nitrogen and oxygen atoms in total. The first kappa shape index (κ1) is 15.4. The minimum Gasteiger partial charge on any atom is -0.450 e. The highest BCUT2D eigenvalue weighted by atomic mass is 35.5. The Morgan fingerprint density at radius 2 is 2.00 bits per heavy atom. The molecular formula is C13H17Cl2N3O2. The first-order valence-electron chi connectivity index (χ1n) is 6.55. The van der Waals surface area contributed by atoms with Crippen molar-refractivity contribution in [2.75, 3.05) is 32.8 Å². The highest BCUT2D eigenvalue weighted by Gasteiger charge is 2.22. The molecule has 0 aliphatic carbocycles. The van der Waals surface area contributed by atoms with Crippen molar-refractivity contribution in [3.05, 3.63) is 28.0 Å². The van der Waals surface area contributed by atoms with E-state index in [1.165, 1.54) is 0 Å². The van der Waals surface area contributed by atoms with Gasteiger partial charge in [-0.15, -0.1) is 0 Å². The lowest BCUT2D eigenvalue weighted by atomic mass is 10.3. The lowest BCUT2D eigenvalue weighted by molar-refractivity contribution is 0.0775. The molecule has 0 aromatic carbocycles. The Hall–Kier alpha value is -1.04. The van der Waals surface area contributed by atoms with Gasteiger partial charge >= 0.3 is 6.09 Å². The van der Waals surface area contributed by atoms with Crippen LogP contribution in [0.15, 0.2) is 12.1 Å². The lowest BCUT2D eigenvalue weighted by Gasteiger charge is -2.33. The molecule has 1 aliphatic heterocycles. The van der Waals surface area contributed by atoms with Crippen LogP contribution in [-0.2, 0) is 11.3 Å². The van der Waals surface area contributed by atoms with Crippen LogP contribution < -0.4 is 0 Å². The standard InChI is InChI=1S/C13H17Cl2N3O2/c1-2-20-13(19)18-7-5-17(6-8-18)9-11-10(14)3-4-12(15)16-11/h3-4H,2,5-9H2,1H3. The Balaban J connectivity index is 1.88. The normalized spacial score (nSPS) is 16.2. The molecule has 1 aliphatic rings. The number of amides is 1. The minimum atomic E-state index is -0.244. The number of hydrogen-bond donors (Lipinski definition) is 0. The van der Waals surface area contributed by atoms with Gasteiger partial charge in [-0.1, -0.05) is 23.2 Å². The van der Waals surface area contributed by atoms with E-state index in [4.69, 9.17) is 27.9 Å². The van der Waals surface area contributed by atoms with Crippen molar-refractivity contribution in [1.82, 2.24) is 14.8 Å². The molecule has 2 rings (SSSR count). The van der Waals surface area contributed by atoms with Crippen molar-refractivity contribution in [2.24, 2.45) is 0 Å². The number of carbonyl (C=O) groups is 1. The van der Waals surface area contributed by atoms with Gasteiger partial charge in [0.1, 0.15) is 5.15 Å². The number of ether oxygens (including phenoxy) is 1. The van der Waals surface area contributed by atoms with Crippen LogP contribution in [0.5, 0.6) is 0 Å². The number of hydrogen-bond acceptors (Lipinski definition) is 4. The second-order valence-corrected chi connectivity index (χ2v) is 5.32. The largest absolute Gasteiger partial charge is 0.450 e. The molecule has 20 heavy (non-hydrogen) atoms. The summed E-state index contributed by atoms with van der Waals surface area (Å²) in [4.78, 5) is 19.7. The van der Waals surface area contributed by atoms with Crippen molar-refractivity contribution in [2.45, 2.75) is 13.5 Å². The van der Waals surface area contributed by atoms with Crippen molar-refractivity contribution in [1.29, 1.82) is 0 Å². The van der Waals surface area contributed by atoms with Crippen LogP contribution in [0.2, 0.25) is 10.2 Å². The predicted octanol–water partition coefficient (Wildman–Crippen LogP) is 2.66. The van der Waals surface area contributed by atoms with Gasteiger partial charge in [0.05, 0.1) is 17.3 Å². The fourth-order valence-electron chi connectivity index (χ4n) is 2.08. The van der Waals surface area contributed by atoms with Crippen LogP contribution in [-0.4, -0.2) is 53.7 Å². The van der Waals surface area contributed by atoms with Crippen LogP contribution in [0, 0.1) is 0 Å². The highest BCUT2D eigenvalue weighted by molar-refractivity contribution is 6.32. The van der Waals surface area contributed by atoms with Crippen molar-refractivity contribution in [3.8, 4) is 0 Å². The van der Waals surface area contributed by atoms with E-state index in [-0.39, 0.29) is 6.09 Å². The summed E-state index contributed by atoms with van der Waals surface area (Å²) in [6.07, 6.45) is -0.244. The molecule has 1 amide bonds. The highest BCUT2D eigenvalue weighted by Crippen LogP contribution is 2.19. The molecule has 2 heterocycles. The van der Waals surface area contributed by atoms with E-state index in [9.17, 15) is 4.79 Å². The van der Waals surface area contributed by atoms with E-state index in [1.54, 1.807) is 24.0 Å². The van der Waals surface area contributed by atoms with Gasteiger partial charge in [0.25, 0.3) is 0 Å². The number of aromatic nitrogens is 1. The molecule has 0 N–H and O–H groups in total. The predicted molar refractivity (Wildman–Crippen MR) is 78.1 cm³/mol. The summed E-state index contributed by atoms with van der Waals surface area (Å²) in [6, 6.07) is 3.42. The Labute approximate surface area is 128 Å². The molecule has 1 aromatic heterocycles. The van der Waals surface area contributed by atoms with Gasteiger partial charge in [-0.3, -0.25) is 4.90 Å². The van der Waals surface area contributed by atoms with Gasteiger partial charge in [0, 0.05) is 32.7 Å². The summed E-state index contributed by atoms with van der Waals surface area (Å²) in [7, 11) is 0. The van der Waals surface area contributed by atoms with Gasteiger partial charge in [-0.05, 0) is 19.1 Å². The summed E-state index contributed by atoms with van der Waals surface area (Å²) >= 11 is 12.0. The van der Waals surface area contributed by atoms with Crippen LogP contribution >= 0.6 is 23.2 Å². The molecule has 1 aromatic rings. The van der Waals surface area contributed by atoms with E-state index in [2.05, 4.69) is 9.88 Å². The van der Waals surface area contributed by atoms with E-state index < -0.39 is 0 Å². The molecule has 0 bridgehead atoms. The smallest absolute Gasteiger partial charge is 0.409 e. The molecular weight excluding hydrogens is 301 g/mol. The van der Waals surface area contributed by atoms with Crippen LogP contribution in [0.1, 0.15) is 12.6 Å². The Bertz CT molecular complexity index is 477. The van der Waals surface area contributed by atoms with Crippen molar-refractivity contribution in [3.63, 3.8) is 0 Å². The average molecular weight is 318 g/mol. The molecule has 0 atom stereocenters. The van der Waals surface area contributed by atoms with Gasteiger partial charge in [0.2, 0.25) is 0 Å². The molecule has 1 fully saturated rings. The number of carbonyl (C=O) groups excluding carboxylic acids is 1. The van der Waals surface area contributed by atoms with Gasteiger partial charge in [-0.2, -0.15) is 0 Å². The lowest BCUT2D eigenvalue weighted by Crippen LogP contribution is -2.48. The van der Waals surface area contributed by atoms with Crippen molar-refractivity contribution >= 4 is 29.3 Å². The molecule has 0 unspecified atom stereocenters. The molecule has 1 saturated heterocycles. The molecule has 7 heteroatoms. The fraction of sp³-hybridized carbons (Fsp3) is 0.538. The van der Waals surface area contributed by atoms with Gasteiger partial charge in [0.15, 0.2) is 0 Å². The molecule has 0 saturated carbocycles. The Morgan fingerprint density at radius 3 is 2.65 bits per heavy atom. The van der Waals surface area contributed by atoms with Crippen LogP contribution in [0.25, 0.3) is 0 Å². The van der Waals surface area contributed by atoms with Crippen LogP contribution in [0.3, 0.4) is 0 Å². The Kier molecular flexibility index (Phi) is 5.46. The Morgan fingerprint density at radius 1 is 1.30 bits per heavy atom. The second kappa shape index (κ2) is 7.11. The van der Waals surface area contributed by atoms with E-state index >= 15 is 0 Å². The van der Waals surface area contributed by atoms with Crippen molar-refractivity contribution < 1.29 is 9.53 Å². The van der Waals surface area contributed by atoms with Gasteiger partial charge in [-0.25, -0.2) is 9.78 Å². The monoisotopic (exact) mass is 317 g/mol. The third kappa shape index (κ3) is 3.98. The first-order valence-corrected chi connectivity index (χ1v) is 7.30. The average Bonchev–Trinajstić information content (AvgIpc) is 2.44. The van der Waals surface area contributed by atoms with E-state index in [0.717, 1.165) is 18.8 Å². The quantitative estimate of drug-likeness (QED) is 0.804. The third-order valence-electron chi connectivity index (χ3n) is 3.16. The zero-order valence-electron chi connectivity index (χ0n) is 11.3. The maximum atomic E-state index is 11.6. The summed E-state index contributed by atoms with van der Waals surface area (Å²) in [5.74, 6) is 0. The molecule has 0 spiro atoms. The summed E-state index contributed by atoms with van der Waals surface area (Å²) in [6.45, 7) is 5.68. The van der Waals surface area contributed by atoms with E-state index in [1.807, 2.05) is 0 Å². The fourth-order valence-corrected chi connectivity index (χ4v) is 2.41. The molecule has 110 valence electrons. The SMILES string of the molecule is CCOC(=O)N1CCN(Cc2nc(Cl)ccc2Cl)CC1. The maximum absolute atomic E-state index is 11.6. The number of nitrogens with zero attached hydrogens (tertiary/aromatic N) is 3. The summed E-state index contributed by atoms with van der Waals surface area (Å²) in [5, 5.41) is 1.05. The first-order chi connectivity index (χ1) is 9.60. The third-order valence-corrected chi connectivity index (χ3v) is 3.71. The zero-order chi connectivity index (χ0) is 14.5. The van der Waals surface area contributed by atoms with Crippen LogP contribution in [0.4, 0.5) is 4.79 Å². The topological polar surface area (TPSA) is 45.7 Å².